The van der Waals surface area contributed by atoms with E-state index < -0.39 is 24.0 Å². The van der Waals surface area contributed by atoms with Crippen molar-refractivity contribution in [3.05, 3.63) is 29.6 Å². The third-order valence-corrected chi connectivity index (χ3v) is 2.26. The Bertz CT molecular complexity index is 403. The average molecular weight is 242 g/mol. The molecule has 17 heavy (non-hydrogen) atoms. The average Bonchev–Trinajstić information content (AvgIpc) is 2.27. The van der Waals surface area contributed by atoms with E-state index in [4.69, 9.17) is 4.74 Å². The largest absolute Gasteiger partial charge is 0.479 e. The molecule has 0 spiro atoms. The number of aliphatic hydroxyl groups is 1. The molecule has 0 aliphatic carbocycles. The molecule has 0 saturated heterocycles. The van der Waals surface area contributed by atoms with Crippen molar-refractivity contribution in [1.29, 1.82) is 0 Å². The summed E-state index contributed by atoms with van der Waals surface area (Å²) in [6.45, 7) is 3.02. The molecule has 0 aromatic heterocycles. The van der Waals surface area contributed by atoms with Crippen LogP contribution in [0.4, 0.5) is 4.39 Å². The molecule has 0 fully saturated rings. The molecule has 0 heterocycles. The molecule has 94 valence electrons. The lowest BCUT2D eigenvalue weighted by atomic mass is 10.1. The highest BCUT2D eigenvalue weighted by Gasteiger charge is 2.18. The van der Waals surface area contributed by atoms with Gasteiger partial charge in [-0.3, -0.25) is 0 Å². The van der Waals surface area contributed by atoms with Crippen LogP contribution in [0, 0.1) is 5.82 Å². The minimum atomic E-state index is -0.862. The zero-order chi connectivity index (χ0) is 13.0. The van der Waals surface area contributed by atoms with Crippen LogP contribution in [0.5, 0.6) is 5.75 Å². The number of ether oxygens (including phenoxy) is 2. The Balaban J connectivity index is 2.96. The van der Waals surface area contributed by atoms with Gasteiger partial charge >= 0.3 is 5.97 Å². The van der Waals surface area contributed by atoms with Crippen LogP contribution in [-0.4, -0.2) is 24.3 Å². The first-order valence-electron chi connectivity index (χ1n) is 5.17. The van der Waals surface area contributed by atoms with Gasteiger partial charge in [0.2, 0.25) is 0 Å². The van der Waals surface area contributed by atoms with Crippen LogP contribution in [0.1, 0.15) is 25.5 Å². The third kappa shape index (κ3) is 3.42. The molecule has 0 aliphatic rings. The Morgan fingerprint density at radius 3 is 2.59 bits per heavy atom. The van der Waals surface area contributed by atoms with Gasteiger partial charge < -0.3 is 14.6 Å². The summed E-state index contributed by atoms with van der Waals surface area (Å²) in [5, 5.41) is 9.49. The maximum atomic E-state index is 13.1. The Morgan fingerprint density at radius 1 is 1.41 bits per heavy atom. The maximum Gasteiger partial charge on any atom is 0.346 e. The summed E-state index contributed by atoms with van der Waals surface area (Å²) >= 11 is 0. The molecule has 1 aromatic carbocycles. The van der Waals surface area contributed by atoms with Crippen LogP contribution >= 0.6 is 0 Å². The van der Waals surface area contributed by atoms with Gasteiger partial charge in [-0.15, -0.1) is 0 Å². The molecule has 5 heteroatoms. The molecule has 0 saturated carbocycles. The molecular weight excluding hydrogens is 227 g/mol. The van der Waals surface area contributed by atoms with Crippen molar-refractivity contribution in [3.8, 4) is 5.75 Å². The maximum absolute atomic E-state index is 13.1. The van der Waals surface area contributed by atoms with Gasteiger partial charge in [0.25, 0.3) is 0 Å². The SMILES string of the molecule is COC(=O)C(C)Oc1cc(F)ccc1[C@H](C)O. The standard InChI is InChI=1S/C12H15FO4/c1-7(14)10-5-4-9(13)6-11(10)17-8(2)12(15)16-3/h4-8,14H,1-3H3/t7-,8?/m0/s1. The van der Waals surface area contributed by atoms with E-state index >= 15 is 0 Å². The van der Waals surface area contributed by atoms with Crippen molar-refractivity contribution in [1.82, 2.24) is 0 Å². The van der Waals surface area contributed by atoms with Gasteiger partial charge in [-0.05, 0) is 26.0 Å². The zero-order valence-electron chi connectivity index (χ0n) is 9.94. The predicted molar refractivity (Wildman–Crippen MR) is 59.1 cm³/mol. The first kappa shape index (κ1) is 13.4. The van der Waals surface area contributed by atoms with Crippen molar-refractivity contribution in [2.45, 2.75) is 26.1 Å². The number of hydrogen-bond acceptors (Lipinski definition) is 4. The summed E-state index contributed by atoms with van der Waals surface area (Å²) in [4.78, 5) is 11.2. The fraction of sp³-hybridized carbons (Fsp3) is 0.417. The lowest BCUT2D eigenvalue weighted by Gasteiger charge is -2.17. The summed E-state index contributed by atoms with van der Waals surface area (Å²) < 4.78 is 22.8. The molecule has 0 bridgehead atoms. The molecule has 0 amide bonds. The van der Waals surface area contributed by atoms with Gasteiger partial charge in [0.1, 0.15) is 11.6 Å². The van der Waals surface area contributed by atoms with E-state index in [0.717, 1.165) is 6.07 Å². The normalized spacial score (nSPS) is 13.9. The molecule has 1 unspecified atom stereocenters. The van der Waals surface area contributed by atoms with Gasteiger partial charge in [-0.2, -0.15) is 0 Å². The number of hydrogen-bond donors (Lipinski definition) is 1. The van der Waals surface area contributed by atoms with E-state index in [0.29, 0.717) is 5.56 Å². The molecule has 1 aromatic rings. The minimum Gasteiger partial charge on any atom is -0.479 e. The fourth-order valence-corrected chi connectivity index (χ4v) is 1.36. The first-order valence-corrected chi connectivity index (χ1v) is 5.17. The van der Waals surface area contributed by atoms with E-state index in [-0.39, 0.29) is 5.75 Å². The summed E-state index contributed by atoms with van der Waals surface area (Å²) in [5.74, 6) is -0.926. The minimum absolute atomic E-state index is 0.137. The van der Waals surface area contributed by atoms with Crippen LogP contribution < -0.4 is 4.74 Å². The molecule has 4 nitrogen and oxygen atoms in total. The highest BCUT2D eigenvalue weighted by molar-refractivity contribution is 5.74. The van der Waals surface area contributed by atoms with Crippen molar-refractivity contribution in [2.24, 2.45) is 0 Å². The van der Waals surface area contributed by atoms with Crippen molar-refractivity contribution >= 4 is 5.97 Å². The Kier molecular flexibility index (Phi) is 4.45. The van der Waals surface area contributed by atoms with Gasteiger partial charge in [0.05, 0.1) is 13.2 Å². The first-order chi connectivity index (χ1) is 7.95. The highest BCUT2D eigenvalue weighted by atomic mass is 19.1. The van der Waals surface area contributed by atoms with Crippen molar-refractivity contribution < 1.29 is 23.8 Å². The number of methoxy groups -OCH3 is 1. The number of rotatable bonds is 4. The molecule has 1 N–H and O–H groups in total. The monoisotopic (exact) mass is 242 g/mol. The van der Waals surface area contributed by atoms with Gasteiger partial charge in [0.15, 0.2) is 6.10 Å². The molecule has 1 rings (SSSR count). The summed E-state index contributed by atoms with van der Waals surface area (Å²) in [6.07, 6.45) is -1.67. The van der Waals surface area contributed by atoms with Gasteiger partial charge in [-0.25, -0.2) is 9.18 Å². The topological polar surface area (TPSA) is 55.8 Å². The van der Waals surface area contributed by atoms with E-state index in [2.05, 4.69) is 4.74 Å². The molecule has 2 atom stereocenters. The van der Waals surface area contributed by atoms with Crippen LogP contribution in [0.3, 0.4) is 0 Å². The number of carbonyl (C=O) groups excluding carboxylic acids is 1. The van der Waals surface area contributed by atoms with Gasteiger partial charge in [-0.1, -0.05) is 0 Å². The Morgan fingerprint density at radius 2 is 2.06 bits per heavy atom. The summed E-state index contributed by atoms with van der Waals surface area (Å²) in [6, 6.07) is 3.76. The smallest absolute Gasteiger partial charge is 0.346 e. The van der Waals surface area contributed by atoms with Crippen LogP contribution in [0.25, 0.3) is 0 Å². The summed E-state index contributed by atoms with van der Waals surface area (Å²) in [5.41, 5.74) is 0.419. The second-order valence-corrected chi connectivity index (χ2v) is 3.64. The molecule has 0 aliphatic heterocycles. The van der Waals surface area contributed by atoms with E-state index in [9.17, 15) is 14.3 Å². The Hall–Kier alpha value is -1.62. The second-order valence-electron chi connectivity index (χ2n) is 3.64. The van der Waals surface area contributed by atoms with E-state index in [1.807, 2.05) is 0 Å². The number of benzene rings is 1. The van der Waals surface area contributed by atoms with Crippen LogP contribution in [0.2, 0.25) is 0 Å². The van der Waals surface area contributed by atoms with Crippen molar-refractivity contribution in [3.63, 3.8) is 0 Å². The van der Waals surface area contributed by atoms with Crippen LogP contribution in [0.15, 0.2) is 18.2 Å². The lowest BCUT2D eigenvalue weighted by molar-refractivity contribution is -0.148. The highest BCUT2D eigenvalue weighted by Crippen LogP contribution is 2.27. The number of esters is 1. The third-order valence-electron chi connectivity index (χ3n) is 2.26. The molecular formula is C12H15FO4. The van der Waals surface area contributed by atoms with E-state index in [1.54, 1.807) is 0 Å². The molecule has 0 radical (unpaired) electrons. The predicted octanol–water partition coefficient (Wildman–Crippen LogP) is 1.82. The Labute approximate surface area is 99.0 Å². The van der Waals surface area contributed by atoms with E-state index in [1.165, 1.54) is 33.1 Å². The number of aliphatic hydroxyl groups excluding tert-OH is 1. The summed E-state index contributed by atoms with van der Waals surface area (Å²) in [7, 11) is 1.24. The lowest BCUT2D eigenvalue weighted by Crippen LogP contribution is -2.25. The fourth-order valence-electron chi connectivity index (χ4n) is 1.36. The quantitative estimate of drug-likeness (QED) is 0.818. The van der Waals surface area contributed by atoms with Gasteiger partial charge in [0, 0.05) is 11.6 Å². The zero-order valence-corrected chi connectivity index (χ0v) is 9.94. The van der Waals surface area contributed by atoms with Crippen molar-refractivity contribution in [2.75, 3.05) is 7.11 Å². The number of halogens is 1. The number of carbonyl (C=O) groups is 1. The second kappa shape index (κ2) is 5.63. The van der Waals surface area contributed by atoms with Crippen LogP contribution in [-0.2, 0) is 9.53 Å².